The van der Waals surface area contributed by atoms with Crippen LogP contribution >= 0.6 is 0 Å². The Morgan fingerprint density at radius 1 is 1.36 bits per heavy atom. The summed E-state index contributed by atoms with van der Waals surface area (Å²) < 4.78 is 34.5. The number of aromatic nitrogens is 3. The fourth-order valence-electron chi connectivity index (χ4n) is 4.32. The standard InChI is InChI=1S/C22H30F2N6O3/c1-21(2,3)33-20(32)28-18(15-4-6-22(23,24)7-5-15)16-13-30-17(27-16)10-14(11-26-30)12-29-9-8-25-19(29)31/h10-11,13,15,18H,4-9,12H2,1-3H3,(H,25,31)(H,28,32)/t18-/m0/s1. The zero-order valence-electron chi connectivity index (χ0n) is 19.1. The molecule has 9 nitrogen and oxygen atoms in total. The molecular formula is C22H30F2N6O3. The van der Waals surface area contributed by atoms with Crippen molar-refractivity contribution < 1.29 is 23.1 Å². The zero-order valence-corrected chi connectivity index (χ0v) is 19.1. The third-order valence-electron chi connectivity index (χ3n) is 5.94. The molecule has 2 aromatic heterocycles. The monoisotopic (exact) mass is 464 g/mol. The van der Waals surface area contributed by atoms with E-state index in [-0.39, 0.29) is 37.6 Å². The predicted molar refractivity (Wildman–Crippen MR) is 116 cm³/mol. The van der Waals surface area contributed by atoms with E-state index in [0.29, 0.717) is 31.0 Å². The van der Waals surface area contributed by atoms with E-state index in [4.69, 9.17) is 4.74 Å². The van der Waals surface area contributed by atoms with Crippen LogP contribution < -0.4 is 10.6 Å². The molecule has 3 amide bonds. The highest BCUT2D eigenvalue weighted by atomic mass is 19.3. The number of rotatable bonds is 5. The van der Waals surface area contributed by atoms with Crippen molar-refractivity contribution in [2.24, 2.45) is 5.92 Å². The van der Waals surface area contributed by atoms with Gasteiger partial charge in [0.2, 0.25) is 5.92 Å². The minimum Gasteiger partial charge on any atom is -0.444 e. The maximum absolute atomic E-state index is 13.8. The van der Waals surface area contributed by atoms with Crippen LogP contribution in [0.25, 0.3) is 5.65 Å². The van der Waals surface area contributed by atoms with Gasteiger partial charge in [-0.25, -0.2) is 27.9 Å². The van der Waals surface area contributed by atoms with Crippen molar-refractivity contribution in [2.45, 2.75) is 70.6 Å². The molecule has 3 heterocycles. The average Bonchev–Trinajstić information content (AvgIpc) is 3.31. The predicted octanol–water partition coefficient (Wildman–Crippen LogP) is 3.65. The Morgan fingerprint density at radius 2 is 2.09 bits per heavy atom. The number of nitrogens with zero attached hydrogens (tertiary/aromatic N) is 4. The molecule has 0 aromatic carbocycles. The molecule has 1 aliphatic carbocycles. The van der Waals surface area contributed by atoms with Gasteiger partial charge in [-0.3, -0.25) is 0 Å². The molecule has 0 bridgehead atoms. The highest BCUT2D eigenvalue weighted by Gasteiger charge is 2.39. The number of alkyl carbamates (subject to hydrolysis) is 1. The molecule has 2 aromatic rings. The Balaban J connectivity index is 1.57. The largest absolute Gasteiger partial charge is 0.444 e. The number of halogens is 2. The number of nitrogens with one attached hydrogen (secondary N) is 2. The number of carbonyl (C=O) groups excluding carboxylic acids is 2. The van der Waals surface area contributed by atoms with Crippen molar-refractivity contribution in [3.8, 4) is 0 Å². The van der Waals surface area contributed by atoms with Gasteiger partial charge >= 0.3 is 12.1 Å². The van der Waals surface area contributed by atoms with E-state index < -0.39 is 23.7 Å². The Morgan fingerprint density at radius 3 is 2.73 bits per heavy atom. The van der Waals surface area contributed by atoms with E-state index in [1.165, 1.54) is 0 Å². The van der Waals surface area contributed by atoms with Crippen molar-refractivity contribution in [3.63, 3.8) is 0 Å². The number of hydrogen-bond acceptors (Lipinski definition) is 5. The van der Waals surface area contributed by atoms with Gasteiger partial charge in [-0.05, 0) is 51.2 Å². The summed E-state index contributed by atoms with van der Waals surface area (Å²) in [6, 6.07) is 1.14. The van der Waals surface area contributed by atoms with Crippen LogP contribution in [0.4, 0.5) is 18.4 Å². The first-order valence-electron chi connectivity index (χ1n) is 11.2. The average molecular weight is 465 g/mol. The van der Waals surface area contributed by atoms with Crippen molar-refractivity contribution in [2.75, 3.05) is 13.1 Å². The van der Waals surface area contributed by atoms with Gasteiger partial charge in [0.15, 0.2) is 5.65 Å². The van der Waals surface area contributed by atoms with Crippen LogP contribution in [-0.2, 0) is 11.3 Å². The summed E-state index contributed by atoms with van der Waals surface area (Å²) in [6.45, 7) is 6.94. The number of amides is 3. The highest BCUT2D eigenvalue weighted by Crippen LogP contribution is 2.41. The van der Waals surface area contributed by atoms with E-state index in [1.54, 1.807) is 42.6 Å². The van der Waals surface area contributed by atoms with Crippen molar-refractivity contribution in [1.29, 1.82) is 0 Å². The van der Waals surface area contributed by atoms with Crippen LogP contribution in [0.5, 0.6) is 0 Å². The molecule has 1 saturated carbocycles. The van der Waals surface area contributed by atoms with E-state index in [9.17, 15) is 18.4 Å². The highest BCUT2D eigenvalue weighted by molar-refractivity contribution is 5.76. The van der Waals surface area contributed by atoms with Gasteiger partial charge < -0.3 is 20.3 Å². The number of carbonyl (C=O) groups is 2. The minimum atomic E-state index is -2.68. The Kier molecular flexibility index (Phi) is 6.15. The molecule has 0 unspecified atom stereocenters. The number of fused-ring (bicyclic) bond motifs is 1. The first kappa shape index (κ1) is 23.2. The SMILES string of the molecule is CC(C)(C)OC(=O)N[C@H](c1cn2ncc(CN3CCNC3=O)cc2n1)C1CCC(F)(F)CC1. The lowest BCUT2D eigenvalue weighted by molar-refractivity contribution is -0.0500. The molecule has 2 N–H and O–H groups in total. The van der Waals surface area contributed by atoms with Crippen LogP contribution in [0.2, 0.25) is 0 Å². The first-order valence-corrected chi connectivity index (χ1v) is 11.2. The number of urea groups is 1. The summed E-state index contributed by atoms with van der Waals surface area (Å²) in [5.74, 6) is -2.88. The third-order valence-corrected chi connectivity index (χ3v) is 5.94. The number of alkyl halides is 2. The molecule has 1 aliphatic heterocycles. The second-order valence-electron chi connectivity index (χ2n) is 9.80. The second-order valence-corrected chi connectivity index (χ2v) is 9.80. The summed E-state index contributed by atoms with van der Waals surface area (Å²) in [6.07, 6.45) is 2.84. The van der Waals surface area contributed by atoms with Gasteiger partial charge in [0.1, 0.15) is 5.60 Å². The lowest BCUT2D eigenvalue weighted by Crippen LogP contribution is -2.40. The topological polar surface area (TPSA) is 101 Å². The smallest absolute Gasteiger partial charge is 0.408 e. The molecule has 1 saturated heterocycles. The van der Waals surface area contributed by atoms with Crippen LogP contribution in [-0.4, -0.2) is 56.2 Å². The van der Waals surface area contributed by atoms with E-state index in [2.05, 4.69) is 20.7 Å². The summed E-state index contributed by atoms with van der Waals surface area (Å²) in [4.78, 5) is 30.7. The number of hydrogen-bond donors (Lipinski definition) is 2. The number of ether oxygens (including phenoxy) is 1. The minimum absolute atomic E-state index is 0.116. The van der Waals surface area contributed by atoms with E-state index in [1.807, 2.05) is 6.07 Å². The lowest BCUT2D eigenvalue weighted by atomic mass is 9.81. The molecule has 4 rings (SSSR count). The molecule has 2 aliphatic rings. The molecule has 11 heteroatoms. The van der Waals surface area contributed by atoms with Gasteiger partial charge in [0.25, 0.3) is 0 Å². The van der Waals surface area contributed by atoms with Crippen LogP contribution in [0.15, 0.2) is 18.5 Å². The quantitative estimate of drug-likeness (QED) is 0.704. The summed E-state index contributed by atoms with van der Waals surface area (Å²) in [5.41, 5.74) is 1.23. The van der Waals surface area contributed by atoms with E-state index in [0.717, 1.165) is 5.56 Å². The molecule has 180 valence electrons. The van der Waals surface area contributed by atoms with Gasteiger partial charge in [0, 0.05) is 32.5 Å². The first-order chi connectivity index (χ1) is 15.5. The third kappa shape index (κ3) is 5.69. The summed E-state index contributed by atoms with van der Waals surface area (Å²) >= 11 is 0. The Labute approximate surface area is 190 Å². The molecule has 1 atom stereocenters. The maximum atomic E-state index is 13.8. The van der Waals surface area contributed by atoms with Gasteiger partial charge in [-0.2, -0.15) is 5.10 Å². The number of imidazole rings is 1. The second kappa shape index (κ2) is 8.75. The maximum Gasteiger partial charge on any atom is 0.408 e. The lowest BCUT2D eigenvalue weighted by Gasteiger charge is -2.33. The molecule has 33 heavy (non-hydrogen) atoms. The van der Waals surface area contributed by atoms with Crippen molar-refractivity contribution in [3.05, 3.63) is 29.7 Å². The van der Waals surface area contributed by atoms with Crippen molar-refractivity contribution >= 4 is 17.8 Å². The molecule has 0 spiro atoms. The Hall–Kier alpha value is -2.98. The van der Waals surface area contributed by atoms with Crippen LogP contribution in [0, 0.1) is 5.92 Å². The fourth-order valence-corrected chi connectivity index (χ4v) is 4.32. The summed E-state index contributed by atoms with van der Waals surface area (Å²) in [5, 5.41) is 10.0. The van der Waals surface area contributed by atoms with Gasteiger partial charge in [0.05, 0.1) is 24.1 Å². The van der Waals surface area contributed by atoms with Crippen LogP contribution in [0.3, 0.4) is 0 Å². The van der Waals surface area contributed by atoms with Crippen LogP contribution in [0.1, 0.15) is 63.8 Å². The molecular weight excluding hydrogens is 434 g/mol. The fraction of sp³-hybridized carbons (Fsp3) is 0.636. The van der Waals surface area contributed by atoms with Gasteiger partial charge in [-0.1, -0.05) is 0 Å². The molecule has 0 radical (unpaired) electrons. The normalized spacial score (nSPS) is 20.0. The zero-order chi connectivity index (χ0) is 23.8. The van der Waals surface area contributed by atoms with Gasteiger partial charge in [-0.15, -0.1) is 0 Å². The van der Waals surface area contributed by atoms with Crippen molar-refractivity contribution in [1.82, 2.24) is 30.1 Å². The Bertz CT molecular complexity index is 1020. The van der Waals surface area contributed by atoms with E-state index >= 15 is 0 Å². The molecule has 2 fully saturated rings. The summed E-state index contributed by atoms with van der Waals surface area (Å²) in [7, 11) is 0.